The molecule has 5 rings (SSSR count). The van der Waals surface area contributed by atoms with E-state index in [4.69, 9.17) is 0 Å². The van der Waals surface area contributed by atoms with E-state index in [2.05, 4.69) is 11.4 Å². The van der Waals surface area contributed by atoms with Gasteiger partial charge in [0.05, 0.1) is 0 Å². The van der Waals surface area contributed by atoms with E-state index in [0.29, 0.717) is 12.8 Å². The van der Waals surface area contributed by atoms with Crippen LogP contribution in [-0.2, 0) is 16.0 Å². The van der Waals surface area contributed by atoms with Gasteiger partial charge in [-0.25, -0.2) is 0 Å². The van der Waals surface area contributed by atoms with Crippen LogP contribution in [0.4, 0.5) is 5.69 Å². The molecule has 0 aliphatic carbocycles. The van der Waals surface area contributed by atoms with Crippen LogP contribution in [0.25, 0.3) is 0 Å². The van der Waals surface area contributed by atoms with Crippen LogP contribution in [0.2, 0.25) is 0 Å². The normalized spacial score (nSPS) is 29.3. The number of hydrogen-bond acceptors (Lipinski definition) is 3. The monoisotopic (exact) mass is 347 g/mol. The number of rotatable bonds is 2. The minimum atomic E-state index is -0.439. The molecule has 132 valence electrons. The number of amides is 2. The molecule has 0 spiro atoms. The van der Waals surface area contributed by atoms with Crippen molar-refractivity contribution in [2.75, 3.05) is 12.4 Å². The molecule has 0 aromatic heterocycles. The molecule has 26 heavy (non-hydrogen) atoms. The molecule has 3 aliphatic heterocycles. The number of hydrogen-bond donors (Lipinski definition) is 1. The number of likely N-dealkylation sites (N-methyl/N-ethyl adjacent to an activating group) is 1. The van der Waals surface area contributed by atoms with E-state index >= 15 is 0 Å². The second-order valence-corrected chi connectivity index (χ2v) is 7.43. The third kappa shape index (κ3) is 2.09. The minimum Gasteiger partial charge on any atom is -0.364 e. The van der Waals surface area contributed by atoms with Crippen LogP contribution in [-0.4, -0.2) is 46.9 Å². The average Bonchev–Trinajstić information content (AvgIpc) is 3.20. The van der Waals surface area contributed by atoms with Crippen molar-refractivity contribution < 1.29 is 9.59 Å². The lowest BCUT2D eigenvalue weighted by Crippen LogP contribution is -2.64. The van der Waals surface area contributed by atoms with Crippen molar-refractivity contribution in [3.05, 3.63) is 65.7 Å². The zero-order valence-electron chi connectivity index (χ0n) is 14.6. The van der Waals surface area contributed by atoms with Gasteiger partial charge < -0.3 is 15.1 Å². The maximum atomic E-state index is 13.4. The molecule has 0 radical (unpaired) electrons. The van der Waals surface area contributed by atoms with Crippen LogP contribution >= 0.6 is 0 Å². The summed E-state index contributed by atoms with van der Waals surface area (Å²) in [4.78, 5) is 29.8. The van der Waals surface area contributed by atoms with Gasteiger partial charge in [0.25, 0.3) is 0 Å². The van der Waals surface area contributed by atoms with Gasteiger partial charge in [-0.1, -0.05) is 48.5 Å². The summed E-state index contributed by atoms with van der Waals surface area (Å²) in [5, 5.41) is 3.48. The number of carbonyl (C=O) groups excluding carboxylic acids is 2. The summed E-state index contributed by atoms with van der Waals surface area (Å²) in [6, 6.07) is 17.3. The first-order valence-corrected chi connectivity index (χ1v) is 9.13. The lowest BCUT2D eigenvalue weighted by Gasteiger charge is -2.42. The highest BCUT2D eigenvalue weighted by molar-refractivity contribution is 5.98. The first kappa shape index (κ1) is 15.4. The van der Waals surface area contributed by atoms with Gasteiger partial charge in [0.15, 0.2) is 0 Å². The van der Waals surface area contributed by atoms with Gasteiger partial charge >= 0.3 is 0 Å². The van der Waals surface area contributed by atoms with Crippen molar-refractivity contribution in [3.63, 3.8) is 0 Å². The molecule has 2 amide bonds. The van der Waals surface area contributed by atoms with Crippen LogP contribution in [0.5, 0.6) is 0 Å². The summed E-state index contributed by atoms with van der Waals surface area (Å²) < 4.78 is 0. The largest absolute Gasteiger partial charge is 0.364 e. The standard InChI is InChI=1S/C21H21N3O2/c1-23-17(11-13-7-3-2-4-8-13)21(26)24-18(20(23)25)12-15-14-9-5-6-10-16(14)22-19(15)24/h2-10,15,17-19,22H,11-12H2,1H3. The molecule has 5 nitrogen and oxygen atoms in total. The van der Waals surface area contributed by atoms with Crippen molar-refractivity contribution in [2.45, 2.75) is 37.0 Å². The van der Waals surface area contributed by atoms with Crippen LogP contribution in [0.1, 0.15) is 23.5 Å². The fraction of sp³-hybridized carbons (Fsp3) is 0.333. The molecule has 2 saturated heterocycles. The van der Waals surface area contributed by atoms with E-state index in [9.17, 15) is 9.59 Å². The molecule has 5 heteroatoms. The number of nitrogens with one attached hydrogen (secondary N) is 1. The van der Waals surface area contributed by atoms with Gasteiger partial charge in [0.1, 0.15) is 18.2 Å². The molecule has 0 bridgehead atoms. The maximum absolute atomic E-state index is 13.4. The SMILES string of the molecule is CN1C(=O)C2CC3c4ccccc4NC3N2C(=O)C1Cc1ccccc1. The molecule has 1 N–H and O–H groups in total. The molecular formula is C21H21N3O2. The molecule has 0 saturated carbocycles. The summed E-state index contributed by atoms with van der Waals surface area (Å²) in [5.74, 6) is 0.293. The summed E-state index contributed by atoms with van der Waals surface area (Å²) in [6.07, 6.45) is 1.14. The van der Waals surface area contributed by atoms with Crippen LogP contribution in [0.15, 0.2) is 54.6 Å². The number of anilines is 1. The van der Waals surface area contributed by atoms with Gasteiger partial charge in [0, 0.05) is 25.1 Å². The molecule has 2 fully saturated rings. The van der Waals surface area contributed by atoms with Crippen molar-refractivity contribution >= 4 is 17.5 Å². The molecule has 2 aromatic rings. The van der Waals surface area contributed by atoms with E-state index in [-0.39, 0.29) is 29.9 Å². The summed E-state index contributed by atoms with van der Waals surface area (Å²) in [7, 11) is 1.76. The Morgan fingerprint density at radius 3 is 2.54 bits per heavy atom. The van der Waals surface area contributed by atoms with Gasteiger partial charge in [0.2, 0.25) is 11.8 Å². The molecular weight excluding hydrogens is 326 g/mol. The zero-order chi connectivity index (χ0) is 17.8. The first-order valence-electron chi connectivity index (χ1n) is 9.13. The Bertz CT molecular complexity index is 882. The number of carbonyl (C=O) groups is 2. The fourth-order valence-corrected chi connectivity index (χ4v) is 4.75. The van der Waals surface area contributed by atoms with Crippen LogP contribution < -0.4 is 5.32 Å². The van der Waals surface area contributed by atoms with Gasteiger partial charge in [-0.2, -0.15) is 0 Å². The minimum absolute atomic E-state index is 0.0498. The Labute approximate surface area is 152 Å². The fourth-order valence-electron chi connectivity index (χ4n) is 4.75. The second-order valence-electron chi connectivity index (χ2n) is 7.43. The van der Waals surface area contributed by atoms with Gasteiger partial charge in [-0.15, -0.1) is 0 Å². The number of para-hydroxylation sites is 1. The number of piperazine rings is 1. The predicted molar refractivity (Wildman–Crippen MR) is 98.5 cm³/mol. The highest BCUT2D eigenvalue weighted by atomic mass is 16.2. The summed E-state index contributed by atoms with van der Waals surface area (Å²) in [5.41, 5.74) is 3.37. The maximum Gasteiger partial charge on any atom is 0.248 e. The smallest absolute Gasteiger partial charge is 0.248 e. The Kier molecular flexibility index (Phi) is 3.32. The molecule has 2 aromatic carbocycles. The van der Waals surface area contributed by atoms with E-state index in [1.54, 1.807) is 11.9 Å². The number of fused-ring (bicyclic) bond motifs is 5. The summed E-state index contributed by atoms with van der Waals surface area (Å²) >= 11 is 0. The molecule has 4 atom stereocenters. The van der Waals surface area contributed by atoms with E-state index in [0.717, 1.165) is 11.3 Å². The topological polar surface area (TPSA) is 52.7 Å². The predicted octanol–water partition coefficient (Wildman–Crippen LogP) is 2.21. The van der Waals surface area contributed by atoms with E-state index in [1.165, 1.54) is 5.56 Å². The van der Waals surface area contributed by atoms with E-state index < -0.39 is 6.04 Å². The van der Waals surface area contributed by atoms with E-state index in [1.807, 2.05) is 53.4 Å². The summed E-state index contributed by atoms with van der Waals surface area (Å²) in [6.45, 7) is 0. The van der Waals surface area contributed by atoms with Crippen molar-refractivity contribution in [3.8, 4) is 0 Å². The van der Waals surface area contributed by atoms with Crippen molar-refractivity contribution in [2.24, 2.45) is 0 Å². The van der Waals surface area contributed by atoms with Crippen molar-refractivity contribution in [1.29, 1.82) is 0 Å². The number of benzene rings is 2. The van der Waals surface area contributed by atoms with Crippen LogP contribution in [0.3, 0.4) is 0 Å². The van der Waals surface area contributed by atoms with Gasteiger partial charge in [-0.3, -0.25) is 9.59 Å². The Balaban J connectivity index is 1.48. The van der Waals surface area contributed by atoms with Gasteiger partial charge in [-0.05, 0) is 23.6 Å². The zero-order valence-corrected chi connectivity index (χ0v) is 14.6. The highest BCUT2D eigenvalue weighted by Gasteiger charge is 2.56. The highest BCUT2D eigenvalue weighted by Crippen LogP contribution is 2.47. The average molecular weight is 347 g/mol. The Hall–Kier alpha value is -2.82. The number of nitrogens with zero attached hydrogens (tertiary/aromatic N) is 2. The Morgan fingerprint density at radius 1 is 1.00 bits per heavy atom. The lowest BCUT2D eigenvalue weighted by atomic mass is 9.95. The molecule has 3 aliphatic rings. The third-order valence-corrected chi connectivity index (χ3v) is 6.07. The van der Waals surface area contributed by atoms with Crippen LogP contribution in [0, 0.1) is 0 Å². The lowest BCUT2D eigenvalue weighted by molar-refractivity contribution is -0.159. The first-order chi connectivity index (χ1) is 12.6. The second kappa shape index (κ2) is 5.59. The third-order valence-electron chi connectivity index (χ3n) is 6.07. The molecule has 3 heterocycles. The quantitative estimate of drug-likeness (QED) is 0.906. The Morgan fingerprint density at radius 2 is 1.73 bits per heavy atom. The molecule has 4 unspecified atom stereocenters. The van der Waals surface area contributed by atoms with Crippen molar-refractivity contribution in [1.82, 2.24) is 9.80 Å².